The van der Waals surface area contributed by atoms with Crippen LogP contribution in [0.2, 0.25) is 0 Å². The Hall–Kier alpha value is -1.80. The number of nitrogens with one attached hydrogen (secondary N) is 2. The molecule has 2 rings (SSSR count). The molecule has 2 aromatic carbocycles. The minimum absolute atomic E-state index is 0. The molecule has 0 aliphatic heterocycles. The minimum atomic E-state index is 0. The Balaban J connectivity index is 0.00000338. The van der Waals surface area contributed by atoms with Crippen LogP contribution in [0.15, 0.2) is 53.5 Å². The highest BCUT2D eigenvalue weighted by molar-refractivity contribution is 14.0. The molecule has 0 saturated carbocycles. The molecule has 0 bridgehead atoms. The van der Waals surface area contributed by atoms with Gasteiger partial charge in [0.25, 0.3) is 0 Å². The molecular weight excluding hydrogens is 441 g/mol. The van der Waals surface area contributed by atoms with Gasteiger partial charge in [0, 0.05) is 26.7 Å². The Morgan fingerprint density at radius 1 is 0.962 bits per heavy atom. The molecular formula is C20H28IN3O2. The third-order valence-electron chi connectivity index (χ3n) is 3.77. The summed E-state index contributed by atoms with van der Waals surface area (Å²) >= 11 is 0. The lowest BCUT2D eigenvalue weighted by atomic mass is 10.1. The van der Waals surface area contributed by atoms with Crippen molar-refractivity contribution in [3.05, 3.63) is 65.2 Å². The van der Waals surface area contributed by atoms with Crippen LogP contribution in [0.3, 0.4) is 0 Å². The fourth-order valence-corrected chi connectivity index (χ4v) is 2.35. The molecule has 2 aromatic rings. The molecule has 2 N–H and O–H groups in total. The lowest BCUT2D eigenvalue weighted by Crippen LogP contribution is -2.36. The first-order valence-electron chi connectivity index (χ1n) is 8.48. The average molecular weight is 469 g/mol. The minimum Gasteiger partial charge on any atom is -0.497 e. The van der Waals surface area contributed by atoms with Crippen LogP contribution in [0.4, 0.5) is 0 Å². The number of benzene rings is 2. The van der Waals surface area contributed by atoms with Crippen LogP contribution in [0.5, 0.6) is 5.75 Å². The van der Waals surface area contributed by atoms with E-state index in [9.17, 15) is 0 Å². The number of methoxy groups -OCH3 is 1. The summed E-state index contributed by atoms with van der Waals surface area (Å²) in [5, 5.41) is 6.63. The highest BCUT2D eigenvalue weighted by Crippen LogP contribution is 2.12. The topological polar surface area (TPSA) is 54.9 Å². The van der Waals surface area contributed by atoms with Crippen LogP contribution in [0.1, 0.15) is 23.6 Å². The highest BCUT2D eigenvalue weighted by atomic mass is 127. The fourth-order valence-electron chi connectivity index (χ4n) is 2.35. The van der Waals surface area contributed by atoms with Gasteiger partial charge < -0.3 is 20.1 Å². The number of ether oxygens (including phenoxy) is 2. The summed E-state index contributed by atoms with van der Waals surface area (Å²) in [6.07, 6.45) is 0. The summed E-state index contributed by atoms with van der Waals surface area (Å²) in [7, 11) is 3.44. The number of nitrogens with zero attached hydrogens (tertiary/aromatic N) is 1. The van der Waals surface area contributed by atoms with E-state index in [1.807, 2.05) is 25.1 Å². The van der Waals surface area contributed by atoms with Crippen molar-refractivity contribution in [1.29, 1.82) is 0 Å². The van der Waals surface area contributed by atoms with Crippen molar-refractivity contribution in [3.8, 4) is 5.75 Å². The van der Waals surface area contributed by atoms with Crippen molar-refractivity contribution in [1.82, 2.24) is 10.6 Å². The molecule has 142 valence electrons. The van der Waals surface area contributed by atoms with Crippen molar-refractivity contribution in [3.63, 3.8) is 0 Å². The second-order valence-corrected chi connectivity index (χ2v) is 5.58. The van der Waals surface area contributed by atoms with E-state index in [4.69, 9.17) is 9.47 Å². The van der Waals surface area contributed by atoms with Crippen LogP contribution in [0.25, 0.3) is 0 Å². The van der Waals surface area contributed by atoms with Crippen LogP contribution in [-0.2, 0) is 24.4 Å². The first-order valence-corrected chi connectivity index (χ1v) is 8.48. The average Bonchev–Trinajstić information content (AvgIpc) is 2.67. The number of aliphatic imine (C=N–C) groups is 1. The predicted molar refractivity (Wildman–Crippen MR) is 117 cm³/mol. The summed E-state index contributed by atoms with van der Waals surface area (Å²) in [6.45, 7) is 4.80. The standard InChI is InChI=1S/C20H27N3O2.HI/c1-4-25-15-17-10-8-16(9-11-17)13-22-20(21-2)23-14-18-6-5-7-19(12-18)24-3;/h5-12H,4,13-15H2,1-3H3,(H2,21,22,23);1H. The number of hydrogen-bond donors (Lipinski definition) is 2. The largest absolute Gasteiger partial charge is 0.497 e. The first kappa shape index (κ1) is 22.2. The summed E-state index contributed by atoms with van der Waals surface area (Å²) < 4.78 is 10.7. The van der Waals surface area contributed by atoms with Crippen LogP contribution < -0.4 is 15.4 Å². The van der Waals surface area contributed by atoms with Gasteiger partial charge in [-0.05, 0) is 35.7 Å². The number of guanidine groups is 1. The lowest BCUT2D eigenvalue weighted by Gasteiger charge is -2.13. The molecule has 26 heavy (non-hydrogen) atoms. The first-order chi connectivity index (χ1) is 12.2. The van der Waals surface area contributed by atoms with Crippen molar-refractivity contribution in [2.45, 2.75) is 26.6 Å². The molecule has 5 nitrogen and oxygen atoms in total. The predicted octanol–water partition coefficient (Wildman–Crippen LogP) is 3.71. The van der Waals surface area contributed by atoms with E-state index in [-0.39, 0.29) is 24.0 Å². The Morgan fingerprint density at radius 3 is 2.23 bits per heavy atom. The maximum Gasteiger partial charge on any atom is 0.191 e. The molecule has 0 heterocycles. The fraction of sp³-hybridized carbons (Fsp3) is 0.350. The number of hydrogen-bond acceptors (Lipinski definition) is 3. The van der Waals surface area contributed by atoms with E-state index in [0.29, 0.717) is 19.7 Å². The molecule has 6 heteroatoms. The highest BCUT2D eigenvalue weighted by Gasteiger charge is 2.01. The molecule has 0 saturated heterocycles. The van der Waals surface area contributed by atoms with Gasteiger partial charge in [0.1, 0.15) is 5.75 Å². The van der Waals surface area contributed by atoms with Gasteiger partial charge >= 0.3 is 0 Å². The van der Waals surface area contributed by atoms with Crippen LogP contribution in [0, 0.1) is 0 Å². The van der Waals surface area contributed by atoms with Crippen molar-refractivity contribution >= 4 is 29.9 Å². The molecule has 0 fully saturated rings. The van der Waals surface area contributed by atoms with E-state index in [1.54, 1.807) is 14.2 Å². The maximum absolute atomic E-state index is 5.41. The van der Waals surface area contributed by atoms with Crippen molar-refractivity contribution < 1.29 is 9.47 Å². The molecule has 0 aromatic heterocycles. The van der Waals surface area contributed by atoms with Gasteiger partial charge in [0.15, 0.2) is 5.96 Å². The summed E-state index contributed by atoms with van der Waals surface area (Å²) in [5.74, 6) is 1.62. The third-order valence-corrected chi connectivity index (χ3v) is 3.77. The second kappa shape index (κ2) is 12.5. The van der Waals surface area contributed by atoms with Gasteiger partial charge in [-0.2, -0.15) is 0 Å². The SMILES string of the molecule is CCOCc1ccc(CNC(=NC)NCc2cccc(OC)c2)cc1.I. The molecule has 0 aliphatic rings. The molecule has 0 amide bonds. The Morgan fingerprint density at radius 2 is 1.62 bits per heavy atom. The summed E-state index contributed by atoms with van der Waals surface area (Å²) in [5.41, 5.74) is 3.53. The summed E-state index contributed by atoms with van der Waals surface area (Å²) in [6, 6.07) is 16.4. The maximum atomic E-state index is 5.41. The zero-order chi connectivity index (χ0) is 17.9. The molecule has 0 atom stereocenters. The van der Waals surface area contributed by atoms with Gasteiger partial charge in [-0.15, -0.1) is 24.0 Å². The normalized spacial score (nSPS) is 10.8. The van der Waals surface area contributed by atoms with Gasteiger partial charge in [-0.1, -0.05) is 36.4 Å². The second-order valence-electron chi connectivity index (χ2n) is 5.58. The van der Waals surface area contributed by atoms with E-state index in [1.165, 1.54) is 11.1 Å². The zero-order valence-corrected chi connectivity index (χ0v) is 17.9. The van der Waals surface area contributed by atoms with E-state index in [0.717, 1.165) is 23.9 Å². The van der Waals surface area contributed by atoms with Gasteiger partial charge in [-0.25, -0.2) is 0 Å². The van der Waals surface area contributed by atoms with E-state index < -0.39 is 0 Å². The van der Waals surface area contributed by atoms with Crippen LogP contribution >= 0.6 is 24.0 Å². The number of rotatable bonds is 8. The number of halogens is 1. The molecule has 0 aliphatic carbocycles. The van der Waals surface area contributed by atoms with Crippen molar-refractivity contribution in [2.24, 2.45) is 4.99 Å². The summed E-state index contributed by atoms with van der Waals surface area (Å²) in [4.78, 5) is 4.26. The Bertz CT molecular complexity index is 675. The van der Waals surface area contributed by atoms with Crippen LogP contribution in [-0.4, -0.2) is 26.7 Å². The molecule has 0 spiro atoms. The Labute approximate surface area is 173 Å². The monoisotopic (exact) mass is 469 g/mol. The Kier molecular flexibility index (Phi) is 10.7. The lowest BCUT2D eigenvalue weighted by molar-refractivity contribution is 0.134. The van der Waals surface area contributed by atoms with E-state index in [2.05, 4.69) is 46.0 Å². The van der Waals surface area contributed by atoms with Gasteiger partial charge in [0.05, 0.1) is 13.7 Å². The van der Waals surface area contributed by atoms with Crippen molar-refractivity contribution in [2.75, 3.05) is 20.8 Å². The molecule has 0 radical (unpaired) electrons. The van der Waals surface area contributed by atoms with E-state index >= 15 is 0 Å². The third kappa shape index (κ3) is 7.61. The smallest absolute Gasteiger partial charge is 0.191 e. The van der Waals surface area contributed by atoms with Gasteiger partial charge in [-0.3, -0.25) is 4.99 Å². The zero-order valence-electron chi connectivity index (χ0n) is 15.6. The molecule has 0 unspecified atom stereocenters. The van der Waals surface area contributed by atoms with Gasteiger partial charge in [0.2, 0.25) is 0 Å². The quantitative estimate of drug-likeness (QED) is 0.352.